The van der Waals surface area contributed by atoms with Crippen LogP contribution < -0.4 is 16.2 Å². The van der Waals surface area contributed by atoms with Crippen LogP contribution in [-0.2, 0) is 15.1 Å². The van der Waals surface area contributed by atoms with Crippen molar-refractivity contribution in [2.45, 2.75) is 30.8 Å². The van der Waals surface area contributed by atoms with E-state index in [1.165, 1.54) is 10.6 Å². The normalized spacial score (nSPS) is 17.6. The molecule has 0 radical (unpaired) electrons. The van der Waals surface area contributed by atoms with E-state index in [4.69, 9.17) is 19.9 Å². The summed E-state index contributed by atoms with van der Waals surface area (Å²) in [5.41, 5.74) is 5.74. The monoisotopic (exact) mass is 501 g/mol. The zero-order chi connectivity index (χ0) is 25.8. The number of benzene rings is 3. The van der Waals surface area contributed by atoms with Gasteiger partial charge in [0.25, 0.3) is 0 Å². The van der Waals surface area contributed by atoms with E-state index >= 15 is 4.39 Å². The van der Waals surface area contributed by atoms with Crippen LogP contribution in [0.2, 0.25) is 0 Å². The summed E-state index contributed by atoms with van der Waals surface area (Å²) in [4.78, 5) is 16.1. The molecular formula is C29H28FN3O4. The summed E-state index contributed by atoms with van der Waals surface area (Å²) >= 11 is 0. The SMILES string of the molecule is COc1ccc(F)c(C(OC[C@@H]2CC[C@H](n3ccc(N)nc3=O)O2)(c2ccccc2)c2ccccc2)c1. The first kappa shape index (κ1) is 24.7. The second kappa shape index (κ2) is 10.5. The topological polar surface area (TPSA) is 88.6 Å². The number of hydrogen-bond acceptors (Lipinski definition) is 6. The molecule has 3 aromatic carbocycles. The fraction of sp³-hybridized carbons (Fsp3) is 0.241. The van der Waals surface area contributed by atoms with Crippen LogP contribution in [0, 0.1) is 5.82 Å². The summed E-state index contributed by atoms with van der Waals surface area (Å²) in [7, 11) is 1.55. The maximum Gasteiger partial charge on any atom is 0.351 e. The highest BCUT2D eigenvalue weighted by molar-refractivity contribution is 5.50. The minimum absolute atomic E-state index is 0.161. The third-order valence-corrected chi connectivity index (χ3v) is 6.65. The van der Waals surface area contributed by atoms with Crippen LogP contribution in [0.15, 0.2) is 95.9 Å². The van der Waals surface area contributed by atoms with Crippen LogP contribution in [0.25, 0.3) is 0 Å². The Morgan fingerprint density at radius 3 is 2.32 bits per heavy atom. The summed E-state index contributed by atoms with van der Waals surface area (Å²) in [6, 6.07) is 25.3. The second-order valence-corrected chi connectivity index (χ2v) is 8.90. The Morgan fingerprint density at radius 1 is 1.03 bits per heavy atom. The van der Waals surface area contributed by atoms with E-state index in [9.17, 15) is 4.79 Å². The molecule has 1 aromatic heterocycles. The van der Waals surface area contributed by atoms with Gasteiger partial charge in [0.15, 0.2) is 0 Å². The number of rotatable bonds is 8. The Labute approximate surface area is 214 Å². The molecule has 1 aliphatic heterocycles. The summed E-state index contributed by atoms with van der Waals surface area (Å²) in [6.45, 7) is 0.161. The molecule has 0 unspecified atom stereocenters. The molecule has 1 aliphatic rings. The number of halogens is 1. The van der Waals surface area contributed by atoms with Gasteiger partial charge in [-0.15, -0.1) is 0 Å². The van der Waals surface area contributed by atoms with Gasteiger partial charge in [0.2, 0.25) is 0 Å². The van der Waals surface area contributed by atoms with Gasteiger partial charge in [-0.3, -0.25) is 4.57 Å². The van der Waals surface area contributed by atoms with Gasteiger partial charge in [-0.05, 0) is 48.2 Å². The lowest BCUT2D eigenvalue weighted by Crippen LogP contribution is -2.37. The molecule has 5 rings (SSSR count). The maximum atomic E-state index is 15.6. The molecule has 1 fully saturated rings. The third-order valence-electron chi connectivity index (χ3n) is 6.65. The average molecular weight is 502 g/mol. The smallest absolute Gasteiger partial charge is 0.351 e. The number of anilines is 1. The quantitative estimate of drug-likeness (QED) is 0.354. The molecule has 4 aromatic rings. The van der Waals surface area contributed by atoms with Crippen molar-refractivity contribution in [2.75, 3.05) is 19.5 Å². The zero-order valence-electron chi connectivity index (χ0n) is 20.4. The second-order valence-electron chi connectivity index (χ2n) is 8.90. The fourth-order valence-electron chi connectivity index (χ4n) is 4.85. The average Bonchev–Trinajstić information content (AvgIpc) is 3.40. The predicted octanol–water partition coefficient (Wildman–Crippen LogP) is 4.66. The number of aromatic nitrogens is 2. The third kappa shape index (κ3) is 4.85. The van der Waals surface area contributed by atoms with E-state index in [1.54, 1.807) is 31.5 Å². The zero-order valence-corrected chi connectivity index (χ0v) is 20.4. The van der Waals surface area contributed by atoms with Crippen LogP contribution in [0.4, 0.5) is 10.2 Å². The van der Waals surface area contributed by atoms with Crippen molar-refractivity contribution >= 4 is 5.82 Å². The highest BCUT2D eigenvalue weighted by Crippen LogP contribution is 2.43. The number of hydrogen-bond donors (Lipinski definition) is 1. The molecule has 190 valence electrons. The molecule has 2 heterocycles. The molecule has 0 spiro atoms. The molecule has 37 heavy (non-hydrogen) atoms. The van der Waals surface area contributed by atoms with Gasteiger partial charge in [0.05, 0.1) is 19.8 Å². The fourth-order valence-corrected chi connectivity index (χ4v) is 4.85. The van der Waals surface area contributed by atoms with Gasteiger partial charge in [0.1, 0.15) is 29.2 Å². The maximum absolute atomic E-state index is 15.6. The summed E-state index contributed by atoms with van der Waals surface area (Å²) in [6.07, 6.45) is 2.04. The molecule has 7 nitrogen and oxygen atoms in total. The summed E-state index contributed by atoms with van der Waals surface area (Å²) in [5, 5.41) is 0. The summed E-state index contributed by atoms with van der Waals surface area (Å²) in [5.74, 6) is 0.261. The van der Waals surface area contributed by atoms with Gasteiger partial charge >= 0.3 is 5.69 Å². The number of nitrogens with two attached hydrogens (primary N) is 1. The predicted molar refractivity (Wildman–Crippen MR) is 138 cm³/mol. The van der Waals surface area contributed by atoms with E-state index < -0.39 is 23.3 Å². The number of nitrogens with zero attached hydrogens (tertiary/aromatic N) is 2. The van der Waals surface area contributed by atoms with Crippen LogP contribution in [0.3, 0.4) is 0 Å². The first-order valence-electron chi connectivity index (χ1n) is 12.1. The van der Waals surface area contributed by atoms with Crippen molar-refractivity contribution in [1.82, 2.24) is 9.55 Å². The lowest BCUT2D eigenvalue weighted by molar-refractivity contribution is -0.0782. The van der Waals surface area contributed by atoms with Gasteiger partial charge in [-0.25, -0.2) is 9.18 Å². The van der Waals surface area contributed by atoms with Gasteiger partial charge in [-0.2, -0.15) is 4.98 Å². The lowest BCUT2D eigenvalue weighted by Gasteiger charge is -2.37. The Hall–Kier alpha value is -4.01. The molecule has 0 aliphatic carbocycles. The van der Waals surface area contributed by atoms with Crippen LogP contribution in [0.5, 0.6) is 5.75 Å². The molecule has 2 N–H and O–H groups in total. The van der Waals surface area contributed by atoms with Gasteiger partial charge in [-0.1, -0.05) is 60.7 Å². The number of nitrogen functional groups attached to an aromatic ring is 1. The van der Waals surface area contributed by atoms with Crippen molar-refractivity contribution in [3.8, 4) is 5.75 Å². The Bertz CT molecular complexity index is 1370. The van der Waals surface area contributed by atoms with Crippen LogP contribution >= 0.6 is 0 Å². The lowest BCUT2D eigenvalue weighted by atomic mass is 9.79. The van der Waals surface area contributed by atoms with Crippen LogP contribution in [0.1, 0.15) is 35.8 Å². The molecule has 8 heteroatoms. The largest absolute Gasteiger partial charge is 0.497 e. The summed E-state index contributed by atoms with van der Waals surface area (Å²) < 4.78 is 35.4. The van der Waals surface area contributed by atoms with Gasteiger partial charge in [0, 0.05) is 11.8 Å². The molecule has 2 atom stereocenters. The number of ether oxygens (including phenoxy) is 3. The first-order chi connectivity index (χ1) is 18.0. The molecule has 0 bridgehead atoms. The minimum Gasteiger partial charge on any atom is -0.497 e. The standard InChI is InChI=1S/C29H28FN3O4/c1-35-22-12-14-25(30)24(18-22)29(20-8-4-2-5-9-20,21-10-6-3-7-11-21)36-19-23-13-15-27(37-23)33-17-16-26(31)32-28(33)34/h2-12,14,16-18,23,27H,13,15,19H2,1H3,(H2,31,32,34)/t23-,27+/m0/s1. The van der Waals surface area contributed by atoms with E-state index in [0.717, 1.165) is 11.1 Å². The number of methoxy groups -OCH3 is 1. The van der Waals surface area contributed by atoms with E-state index in [0.29, 0.717) is 24.2 Å². The highest BCUT2D eigenvalue weighted by atomic mass is 19.1. The Morgan fingerprint density at radius 2 is 1.70 bits per heavy atom. The van der Waals surface area contributed by atoms with E-state index in [-0.39, 0.29) is 18.5 Å². The van der Waals surface area contributed by atoms with Crippen molar-refractivity contribution in [2.24, 2.45) is 0 Å². The highest BCUT2D eigenvalue weighted by Gasteiger charge is 2.41. The first-order valence-corrected chi connectivity index (χ1v) is 12.1. The van der Waals surface area contributed by atoms with Crippen molar-refractivity contribution < 1.29 is 18.6 Å². The van der Waals surface area contributed by atoms with Crippen molar-refractivity contribution in [3.63, 3.8) is 0 Å². The van der Waals surface area contributed by atoms with Crippen molar-refractivity contribution in [1.29, 1.82) is 0 Å². The van der Waals surface area contributed by atoms with Crippen LogP contribution in [-0.4, -0.2) is 29.4 Å². The van der Waals surface area contributed by atoms with E-state index in [2.05, 4.69) is 4.98 Å². The van der Waals surface area contributed by atoms with Gasteiger partial charge < -0.3 is 19.9 Å². The molecule has 0 saturated carbocycles. The van der Waals surface area contributed by atoms with E-state index in [1.807, 2.05) is 60.7 Å². The minimum atomic E-state index is -1.28. The Kier molecular flexibility index (Phi) is 7.03. The molecular weight excluding hydrogens is 473 g/mol. The molecule has 1 saturated heterocycles. The molecule has 0 amide bonds. The Balaban J connectivity index is 1.53. The van der Waals surface area contributed by atoms with Crippen molar-refractivity contribution in [3.05, 3.63) is 124 Å².